The highest BCUT2D eigenvalue weighted by atomic mass is 32.1. The third-order valence-corrected chi connectivity index (χ3v) is 5.22. The standard InChI is InChI=1S/C18H16N2OS/c1-20(18-19-9-10-22-18)17(21)16-11-15(16)14-8-4-6-12-5-2-3-7-13(12)14/h2-10,15-16H,11H2,1H3/t15-,16+/m1/s1. The molecule has 0 N–H and O–H groups in total. The first-order valence-electron chi connectivity index (χ1n) is 7.40. The average molecular weight is 308 g/mol. The first-order valence-corrected chi connectivity index (χ1v) is 8.28. The van der Waals surface area contributed by atoms with Crippen LogP contribution in [0, 0.1) is 5.92 Å². The molecule has 1 fully saturated rings. The summed E-state index contributed by atoms with van der Waals surface area (Å²) in [6.07, 6.45) is 2.67. The second-order valence-corrected chi connectivity index (χ2v) is 6.60. The lowest BCUT2D eigenvalue weighted by molar-refractivity contribution is -0.119. The molecule has 4 rings (SSSR count). The molecule has 1 saturated carbocycles. The molecular weight excluding hydrogens is 292 g/mol. The van der Waals surface area contributed by atoms with Crippen molar-refractivity contribution in [3.05, 3.63) is 59.6 Å². The maximum absolute atomic E-state index is 12.6. The molecule has 2 atom stereocenters. The molecule has 4 heteroatoms. The van der Waals surface area contributed by atoms with Crippen LogP contribution >= 0.6 is 11.3 Å². The molecule has 0 radical (unpaired) electrons. The zero-order valence-electron chi connectivity index (χ0n) is 12.3. The third-order valence-electron chi connectivity index (χ3n) is 4.37. The highest BCUT2D eigenvalue weighted by Gasteiger charge is 2.46. The lowest BCUT2D eigenvalue weighted by Gasteiger charge is -2.14. The summed E-state index contributed by atoms with van der Waals surface area (Å²) in [7, 11) is 1.82. The second kappa shape index (κ2) is 5.21. The highest BCUT2D eigenvalue weighted by molar-refractivity contribution is 7.13. The van der Waals surface area contributed by atoms with Crippen LogP contribution < -0.4 is 4.90 Å². The Hall–Kier alpha value is -2.20. The van der Waals surface area contributed by atoms with E-state index in [-0.39, 0.29) is 11.8 Å². The molecule has 0 bridgehead atoms. The molecular formula is C18H16N2OS. The van der Waals surface area contributed by atoms with Crippen LogP contribution in [-0.2, 0) is 4.79 Å². The van der Waals surface area contributed by atoms with E-state index in [1.54, 1.807) is 11.1 Å². The van der Waals surface area contributed by atoms with Gasteiger partial charge in [-0.3, -0.25) is 9.69 Å². The van der Waals surface area contributed by atoms with Crippen molar-refractivity contribution >= 4 is 33.1 Å². The largest absolute Gasteiger partial charge is 0.291 e. The minimum absolute atomic E-state index is 0.0831. The Labute approximate surface area is 133 Å². The van der Waals surface area contributed by atoms with E-state index < -0.39 is 0 Å². The smallest absolute Gasteiger partial charge is 0.232 e. The van der Waals surface area contributed by atoms with Crippen LogP contribution in [0.2, 0.25) is 0 Å². The molecule has 2 aromatic carbocycles. The molecule has 1 amide bonds. The Kier molecular flexibility index (Phi) is 3.19. The summed E-state index contributed by atoms with van der Waals surface area (Å²) in [5.41, 5.74) is 1.30. The van der Waals surface area contributed by atoms with Crippen molar-refractivity contribution in [3.63, 3.8) is 0 Å². The minimum atomic E-state index is 0.0831. The van der Waals surface area contributed by atoms with Gasteiger partial charge >= 0.3 is 0 Å². The van der Waals surface area contributed by atoms with Gasteiger partial charge in [-0.15, -0.1) is 11.3 Å². The van der Waals surface area contributed by atoms with Crippen molar-refractivity contribution in [3.8, 4) is 0 Å². The van der Waals surface area contributed by atoms with E-state index in [1.807, 2.05) is 12.4 Å². The van der Waals surface area contributed by atoms with Gasteiger partial charge in [0.15, 0.2) is 5.13 Å². The molecule has 3 aromatic rings. The number of carbonyl (C=O) groups excluding carboxylic acids is 1. The van der Waals surface area contributed by atoms with Gasteiger partial charge in [0.1, 0.15) is 0 Å². The van der Waals surface area contributed by atoms with Crippen molar-refractivity contribution in [2.75, 3.05) is 11.9 Å². The molecule has 1 heterocycles. The molecule has 1 aliphatic rings. The van der Waals surface area contributed by atoms with Crippen molar-refractivity contribution in [1.82, 2.24) is 4.98 Å². The summed E-state index contributed by atoms with van der Waals surface area (Å²) in [4.78, 5) is 18.5. The van der Waals surface area contributed by atoms with Gasteiger partial charge in [-0.2, -0.15) is 0 Å². The van der Waals surface area contributed by atoms with Crippen LogP contribution in [0.25, 0.3) is 10.8 Å². The molecule has 110 valence electrons. The summed E-state index contributed by atoms with van der Waals surface area (Å²) < 4.78 is 0. The minimum Gasteiger partial charge on any atom is -0.291 e. The number of fused-ring (bicyclic) bond motifs is 1. The van der Waals surface area contributed by atoms with Crippen molar-refractivity contribution in [2.24, 2.45) is 5.92 Å². The van der Waals surface area contributed by atoms with E-state index in [1.165, 1.54) is 27.7 Å². The molecule has 0 unspecified atom stereocenters. The number of benzene rings is 2. The number of hydrogen-bond donors (Lipinski definition) is 0. The molecule has 1 aromatic heterocycles. The normalized spacial score (nSPS) is 20.0. The van der Waals surface area contributed by atoms with Crippen molar-refractivity contribution < 1.29 is 4.79 Å². The fourth-order valence-corrected chi connectivity index (χ4v) is 3.72. The Morgan fingerprint density at radius 3 is 2.86 bits per heavy atom. The summed E-state index contributed by atoms with van der Waals surface area (Å²) in [5.74, 6) is 0.591. The lowest BCUT2D eigenvalue weighted by Crippen LogP contribution is -2.28. The number of thiazole rings is 1. The van der Waals surface area contributed by atoms with E-state index in [0.717, 1.165) is 11.6 Å². The first-order chi connectivity index (χ1) is 10.8. The van der Waals surface area contributed by atoms with E-state index in [0.29, 0.717) is 5.92 Å². The number of amides is 1. The Bertz CT molecular complexity index is 823. The number of anilines is 1. The van der Waals surface area contributed by atoms with Gasteiger partial charge < -0.3 is 0 Å². The molecule has 0 aliphatic heterocycles. The number of nitrogens with zero attached hydrogens (tertiary/aromatic N) is 2. The van der Waals surface area contributed by atoms with Gasteiger partial charge in [0, 0.05) is 24.5 Å². The van der Waals surface area contributed by atoms with Crippen LogP contribution in [0.15, 0.2) is 54.0 Å². The SMILES string of the molecule is CN(C(=O)[C@H]1C[C@@H]1c1cccc2ccccc12)c1nccs1. The number of aromatic nitrogens is 1. The van der Waals surface area contributed by atoms with Crippen LogP contribution in [0.5, 0.6) is 0 Å². The van der Waals surface area contributed by atoms with Crippen LogP contribution in [0.3, 0.4) is 0 Å². The molecule has 0 spiro atoms. The Morgan fingerprint density at radius 2 is 2.05 bits per heavy atom. The lowest BCUT2D eigenvalue weighted by atomic mass is 10.00. The zero-order valence-corrected chi connectivity index (χ0v) is 13.1. The average Bonchev–Trinajstić information content (AvgIpc) is 3.16. The molecule has 22 heavy (non-hydrogen) atoms. The Balaban J connectivity index is 1.60. The van der Waals surface area contributed by atoms with Crippen molar-refractivity contribution in [1.29, 1.82) is 0 Å². The van der Waals surface area contributed by atoms with Crippen LogP contribution in [0.1, 0.15) is 17.9 Å². The molecule has 1 aliphatic carbocycles. The summed E-state index contributed by atoms with van der Waals surface area (Å²) >= 11 is 1.50. The predicted molar refractivity (Wildman–Crippen MR) is 90.3 cm³/mol. The van der Waals surface area contributed by atoms with Gasteiger partial charge in [-0.1, -0.05) is 42.5 Å². The number of carbonyl (C=O) groups is 1. The number of hydrogen-bond acceptors (Lipinski definition) is 3. The van der Waals surface area contributed by atoms with Gasteiger partial charge in [-0.05, 0) is 28.7 Å². The van der Waals surface area contributed by atoms with E-state index in [2.05, 4.69) is 47.4 Å². The quantitative estimate of drug-likeness (QED) is 0.731. The summed E-state index contributed by atoms with van der Waals surface area (Å²) in [6.45, 7) is 0. The predicted octanol–water partition coefficient (Wildman–Crippen LogP) is 4.06. The maximum Gasteiger partial charge on any atom is 0.232 e. The fourth-order valence-electron chi connectivity index (χ4n) is 3.11. The van der Waals surface area contributed by atoms with Crippen LogP contribution in [-0.4, -0.2) is 17.9 Å². The maximum atomic E-state index is 12.6. The molecule has 0 saturated heterocycles. The van der Waals surface area contributed by atoms with Gasteiger partial charge in [0.2, 0.25) is 5.91 Å². The summed E-state index contributed by atoms with van der Waals surface area (Å²) in [5, 5.41) is 5.18. The summed E-state index contributed by atoms with van der Waals surface area (Å²) in [6, 6.07) is 14.8. The topological polar surface area (TPSA) is 33.2 Å². The fraction of sp³-hybridized carbons (Fsp3) is 0.222. The van der Waals surface area contributed by atoms with Crippen LogP contribution in [0.4, 0.5) is 5.13 Å². The van der Waals surface area contributed by atoms with E-state index in [4.69, 9.17) is 0 Å². The third kappa shape index (κ3) is 2.20. The molecule has 3 nitrogen and oxygen atoms in total. The zero-order chi connectivity index (χ0) is 15.1. The first kappa shape index (κ1) is 13.5. The van der Waals surface area contributed by atoms with Gasteiger partial charge in [-0.25, -0.2) is 4.98 Å². The monoisotopic (exact) mass is 308 g/mol. The van der Waals surface area contributed by atoms with Crippen molar-refractivity contribution in [2.45, 2.75) is 12.3 Å². The Morgan fingerprint density at radius 1 is 1.23 bits per heavy atom. The second-order valence-electron chi connectivity index (χ2n) is 5.73. The highest BCUT2D eigenvalue weighted by Crippen LogP contribution is 2.50. The van der Waals surface area contributed by atoms with E-state index in [9.17, 15) is 4.79 Å². The van der Waals surface area contributed by atoms with Gasteiger partial charge in [0.05, 0.1) is 0 Å². The number of rotatable bonds is 3. The van der Waals surface area contributed by atoms with E-state index >= 15 is 0 Å². The van der Waals surface area contributed by atoms with Gasteiger partial charge in [0.25, 0.3) is 0 Å².